The van der Waals surface area contributed by atoms with Crippen LogP contribution in [0.3, 0.4) is 0 Å². The van der Waals surface area contributed by atoms with Gasteiger partial charge < -0.3 is 10.6 Å². The van der Waals surface area contributed by atoms with Crippen molar-refractivity contribution in [2.24, 2.45) is 0 Å². The predicted octanol–water partition coefficient (Wildman–Crippen LogP) is 3.90. The molecule has 2 N–H and O–H groups in total. The van der Waals surface area contributed by atoms with Gasteiger partial charge in [-0.25, -0.2) is 0 Å². The molecule has 1 saturated carbocycles. The number of anilines is 2. The lowest BCUT2D eigenvalue weighted by molar-refractivity contribution is 0.366. The lowest BCUT2D eigenvalue weighted by Gasteiger charge is -2.31. The summed E-state index contributed by atoms with van der Waals surface area (Å²) in [5.74, 6) is 0. The molecule has 5 heteroatoms. The first-order chi connectivity index (χ1) is 8.59. The minimum atomic E-state index is -0.308. The van der Waals surface area contributed by atoms with Gasteiger partial charge in [0.05, 0.1) is 22.9 Å². The molecule has 0 aromatic heterocycles. The van der Waals surface area contributed by atoms with Crippen molar-refractivity contribution in [2.45, 2.75) is 37.5 Å². The first-order valence-electron chi connectivity index (χ1n) is 6.58. The predicted molar refractivity (Wildman–Crippen MR) is 90.1 cm³/mol. The maximum atomic E-state index is 9.56. The molecule has 1 aromatic carbocycles. The van der Waals surface area contributed by atoms with E-state index >= 15 is 0 Å². The van der Waals surface area contributed by atoms with Gasteiger partial charge in [-0.2, -0.15) is 5.26 Å². The SMILES string of the molecule is CN(C)c1ccc(C2(C#N)CCCCC2)cc1N.Cl.Cl. The van der Waals surface area contributed by atoms with Crippen molar-refractivity contribution in [3.63, 3.8) is 0 Å². The van der Waals surface area contributed by atoms with E-state index in [1.165, 1.54) is 6.42 Å². The van der Waals surface area contributed by atoms with Gasteiger partial charge in [0, 0.05) is 14.1 Å². The summed E-state index contributed by atoms with van der Waals surface area (Å²) < 4.78 is 0. The second kappa shape index (κ2) is 7.61. The highest BCUT2D eigenvalue weighted by Gasteiger charge is 2.34. The molecule has 0 spiro atoms. The number of hydrogen-bond donors (Lipinski definition) is 1. The number of nitrogen functional groups attached to an aromatic ring is 1. The van der Waals surface area contributed by atoms with Crippen LogP contribution in [-0.2, 0) is 5.41 Å². The van der Waals surface area contributed by atoms with Crippen molar-refractivity contribution in [1.29, 1.82) is 5.26 Å². The normalized spacial score (nSPS) is 16.2. The van der Waals surface area contributed by atoms with Crippen LogP contribution in [0.15, 0.2) is 18.2 Å². The molecule has 3 nitrogen and oxygen atoms in total. The zero-order chi connectivity index (χ0) is 13.2. The molecule has 0 unspecified atom stereocenters. The maximum absolute atomic E-state index is 9.56. The summed E-state index contributed by atoms with van der Waals surface area (Å²) >= 11 is 0. The van der Waals surface area contributed by atoms with E-state index in [9.17, 15) is 5.26 Å². The van der Waals surface area contributed by atoms with Crippen LogP contribution in [-0.4, -0.2) is 14.1 Å². The van der Waals surface area contributed by atoms with Crippen molar-refractivity contribution in [1.82, 2.24) is 0 Å². The smallest absolute Gasteiger partial charge is 0.0823 e. The van der Waals surface area contributed by atoms with Crippen LogP contribution in [0, 0.1) is 11.3 Å². The minimum Gasteiger partial charge on any atom is -0.397 e. The van der Waals surface area contributed by atoms with Crippen LogP contribution in [0.4, 0.5) is 11.4 Å². The number of nitriles is 1. The molecule has 0 saturated heterocycles. The summed E-state index contributed by atoms with van der Waals surface area (Å²) in [6.07, 6.45) is 5.45. The monoisotopic (exact) mass is 315 g/mol. The fourth-order valence-corrected chi connectivity index (χ4v) is 2.88. The van der Waals surface area contributed by atoms with Crippen LogP contribution in [0.25, 0.3) is 0 Å². The minimum absolute atomic E-state index is 0. The summed E-state index contributed by atoms with van der Waals surface area (Å²) in [7, 11) is 3.96. The van der Waals surface area contributed by atoms with Crippen molar-refractivity contribution in [3.8, 4) is 6.07 Å². The third-order valence-electron chi connectivity index (χ3n) is 3.98. The molecular weight excluding hydrogens is 293 g/mol. The summed E-state index contributed by atoms with van der Waals surface area (Å²) in [5, 5.41) is 9.56. The fourth-order valence-electron chi connectivity index (χ4n) is 2.88. The quantitative estimate of drug-likeness (QED) is 0.842. The Morgan fingerprint density at radius 3 is 2.20 bits per heavy atom. The van der Waals surface area contributed by atoms with Crippen LogP contribution >= 0.6 is 24.8 Å². The average Bonchev–Trinajstić information content (AvgIpc) is 2.39. The lowest BCUT2D eigenvalue weighted by atomic mass is 9.70. The third kappa shape index (κ3) is 3.50. The molecule has 0 bridgehead atoms. The van der Waals surface area contributed by atoms with Gasteiger partial charge in [-0.1, -0.05) is 25.3 Å². The van der Waals surface area contributed by atoms with Gasteiger partial charge in [0.15, 0.2) is 0 Å². The van der Waals surface area contributed by atoms with E-state index < -0.39 is 0 Å². The zero-order valence-electron chi connectivity index (χ0n) is 12.1. The molecule has 1 fully saturated rings. The number of nitrogens with two attached hydrogens (primary N) is 1. The Balaban J connectivity index is 0.00000180. The molecule has 20 heavy (non-hydrogen) atoms. The van der Waals surface area contributed by atoms with Crippen molar-refractivity contribution in [2.75, 3.05) is 24.7 Å². The molecule has 0 heterocycles. The van der Waals surface area contributed by atoms with E-state index in [1.807, 2.05) is 31.1 Å². The van der Waals surface area contributed by atoms with E-state index in [0.29, 0.717) is 0 Å². The Kier molecular flexibility index (Phi) is 7.19. The molecule has 1 aromatic rings. The Hall–Kier alpha value is -1.11. The van der Waals surface area contributed by atoms with Crippen LogP contribution in [0.5, 0.6) is 0 Å². The maximum Gasteiger partial charge on any atom is 0.0823 e. The van der Waals surface area contributed by atoms with Crippen LogP contribution in [0.1, 0.15) is 37.7 Å². The summed E-state index contributed by atoms with van der Waals surface area (Å²) in [6, 6.07) is 8.63. The van der Waals surface area contributed by atoms with E-state index in [0.717, 1.165) is 42.6 Å². The Bertz CT molecular complexity index is 474. The van der Waals surface area contributed by atoms with Crippen LogP contribution in [0.2, 0.25) is 0 Å². The molecule has 1 aliphatic carbocycles. The number of hydrogen-bond acceptors (Lipinski definition) is 3. The van der Waals surface area contributed by atoms with Gasteiger partial charge in [0.2, 0.25) is 0 Å². The topological polar surface area (TPSA) is 53.0 Å². The summed E-state index contributed by atoms with van der Waals surface area (Å²) in [4.78, 5) is 2.00. The number of nitrogens with zero attached hydrogens (tertiary/aromatic N) is 2. The molecule has 0 atom stereocenters. The van der Waals surface area contributed by atoms with E-state index in [-0.39, 0.29) is 30.2 Å². The standard InChI is InChI=1S/C15H21N3.2ClH/c1-18(2)14-7-6-12(10-13(14)17)15(11-16)8-4-3-5-9-15;;/h6-7,10H,3-5,8-9,17H2,1-2H3;2*1H. The van der Waals surface area contributed by atoms with Gasteiger partial charge in [-0.05, 0) is 30.5 Å². The Morgan fingerprint density at radius 1 is 1.15 bits per heavy atom. The van der Waals surface area contributed by atoms with E-state index in [2.05, 4.69) is 12.1 Å². The van der Waals surface area contributed by atoms with Crippen LogP contribution < -0.4 is 10.6 Å². The molecule has 0 amide bonds. The number of benzene rings is 1. The summed E-state index contributed by atoms with van der Waals surface area (Å²) in [6.45, 7) is 0. The molecule has 2 rings (SSSR count). The first-order valence-corrected chi connectivity index (χ1v) is 6.58. The number of halogens is 2. The highest BCUT2D eigenvalue weighted by molar-refractivity contribution is 5.85. The van der Waals surface area contributed by atoms with Gasteiger partial charge in [-0.3, -0.25) is 0 Å². The van der Waals surface area contributed by atoms with E-state index in [4.69, 9.17) is 5.73 Å². The molecular formula is C15H23Cl2N3. The van der Waals surface area contributed by atoms with Gasteiger partial charge in [0.25, 0.3) is 0 Å². The highest BCUT2D eigenvalue weighted by Crippen LogP contribution is 2.40. The Morgan fingerprint density at radius 2 is 1.75 bits per heavy atom. The van der Waals surface area contributed by atoms with Gasteiger partial charge in [0.1, 0.15) is 0 Å². The summed E-state index contributed by atoms with van der Waals surface area (Å²) in [5.41, 5.74) is 8.65. The molecule has 0 aliphatic heterocycles. The van der Waals surface area contributed by atoms with E-state index in [1.54, 1.807) is 0 Å². The zero-order valence-corrected chi connectivity index (χ0v) is 13.7. The highest BCUT2D eigenvalue weighted by atomic mass is 35.5. The lowest BCUT2D eigenvalue weighted by Crippen LogP contribution is -2.27. The van der Waals surface area contributed by atoms with Gasteiger partial charge in [-0.15, -0.1) is 24.8 Å². The van der Waals surface area contributed by atoms with Crippen molar-refractivity contribution >= 4 is 36.2 Å². The Labute approximate surface area is 134 Å². The molecule has 1 aliphatic rings. The van der Waals surface area contributed by atoms with Crippen molar-refractivity contribution < 1.29 is 0 Å². The molecule has 112 valence electrons. The fraction of sp³-hybridized carbons (Fsp3) is 0.533. The second-order valence-electron chi connectivity index (χ2n) is 5.42. The first kappa shape index (κ1) is 18.9. The number of rotatable bonds is 2. The van der Waals surface area contributed by atoms with Gasteiger partial charge >= 0.3 is 0 Å². The third-order valence-corrected chi connectivity index (χ3v) is 3.98. The molecule has 0 radical (unpaired) electrons. The second-order valence-corrected chi connectivity index (χ2v) is 5.42. The van der Waals surface area contributed by atoms with Crippen molar-refractivity contribution in [3.05, 3.63) is 23.8 Å². The average molecular weight is 316 g/mol. The largest absolute Gasteiger partial charge is 0.397 e.